The average molecular weight is 215 g/mol. The number of imide groups is 1. The summed E-state index contributed by atoms with van der Waals surface area (Å²) >= 11 is 1.58. The van der Waals surface area contributed by atoms with Crippen molar-refractivity contribution in [2.45, 2.75) is 32.6 Å². The number of amides is 2. The van der Waals surface area contributed by atoms with E-state index in [4.69, 9.17) is 0 Å². The van der Waals surface area contributed by atoms with Gasteiger partial charge < -0.3 is 0 Å². The Morgan fingerprint density at radius 3 is 2.93 bits per heavy atom. The van der Waals surface area contributed by atoms with E-state index in [1.54, 1.807) is 11.8 Å². The minimum absolute atomic E-state index is 0.0104. The monoisotopic (exact) mass is 215 g/mol. The van der Waals surface area contributed by atoms with Crippen LogP contribution < -0.4 is 0 Å². The van der Waals surface area contributed by atoms with E-state index in [9.17, 15) is 9.59 Å². The smallest absolute Gasteiger partial charge is 0.239 e. The second-order valence-corrected chi connectivity index (χ2v) is 4.66. The van der Waals surface area contributed by atoms with E-state index in [1.165, 1.54) is 4.90 Å². The summed E-state index contributed by atoms with van der Waals surface area (Å²) in [6.45, 7) is 2.64. The molecule has 2 amide bonds. The maximum absolute atomic E-state index is 11.6. The standard InChI is InChI=1S/C10H17NO2S/c1-2-14-8-10(13)11-7-5-3-4-6-9(11)12/h2-8H2,1H3. The minimum Gasteiger partial charge on any atom is -0.282 e. The highest BCUT2D eigenvalue weighted by atomic mass is 32.2. The van der Waals surface area contributed by atoms with Gasteiger partial charge in [-0.2, -0.15) is 11.8 Å². The molecule has 0 atom stereocenters. The molecule has 1 heterocycles. The minimum atomic E-state index is -0.0104. The van der Waals surface area contributed by atoms with Crippen molar-refractivity contribution < 1.29 is 9.59 Å². The number of carbonyl (C=O) groups excluding carboxylic acids is 2. The van der Waals surface area contributed by atoms with E-state index >= 15 is 0 Å². The molecular formula is C10H17NO2S. The molecule has 14 heavy (non-hydrogen) atoms. The predicted molar refractivity (Wildman–Crippen MR) is 58.2 cm³/mol. The first kappa shape index (κ1) is 11.6. The van der Waals surface area contributed by atoms with Crippen molar-refractivity contribution in [2.75, 3.05) is 18.1 Å². The van der Waals surface area contributed by atoms with Crippen LogP contribution in [0, 0.1) is 0 Å². The van der Waals surface area contributed by atoms with Gasteiger partial charge in [0.25, 0.3) is 0 Å². The molecule has 1 aliphatic rings. The fourth-order valence-corrected chi connectivity index (χ4v) is 2.05. The van der Waals surface area contributed by atoms with Crippen LogP contribution >= 0.6 is 11.8 Å². The normalized spacial score (nSPS) is 18.1. The van der Waals surface area contributed by atoms with Gasteiger partial charge in [0.1, 0.15) is 0 Å². The number of hydrogen-bond donors (Lipinski definition) is 0. The van der Waals surface area contributed by atoms with Gasteiger partial charge in [-0.15, -0.1) is 0 Å². The zero-order valence-electron chi connectivity index (χ0n) is 8.62. The first-order valence-electron chi connectivity index (χ1n) is 5.16. The highest BCUT2D eigenvalue weighted by Crippen LogP contribution is 2.12. The summed E-state index contributed by atoms with van der Waals surface area (Å²) in [5, 5.41) is 0. The molecule has 0 aromatic rings. The lowest BCUT2D eigenvalue weighted by Crippen LogP contribution is -2.37. The molecule has 80 valence electrons. The number of rotatable bonds is 3. The summed E-state index contributed by atoms with van der Waals surface area (Å²) in [6, 6.07) is 0. The molecule has 0 bridgehead atoms. The Bertz CT molecular complexity index is 218. The lowest BCUT2D eigenvalue weighted by molar-refractivity contribution is -0.142. The SMILES string of the molecule is CCSCC(=O)N1CCCCCC1=O. The molecule has 4 heteroatoms. The Labute approximate surface area is 89.2 Å². The molecule has 0 radical (unpaired) electrons. The van der Waals surface area contributed by atoms with E-state index in [1.807, 2.05) is 6.92 Å². The fourth-order valence-electron chi connectivity index (χ4n) is 1.51. The van der Waals surface area contributed by atoms with Crippen LogP contribution in [0.15, 0.2) is 0 Å². The Hall–Kier alpha value is -0.510. The van der Waals surface area contributed by atoms with E-state index in [-0.39, 0.29) is 11.8 Å². The van der Waals surface area contributed by atoms with Gasteiger partial charge in [0, 0.05) is 13.0 Å². The third-order valence-electron chi connectivity index (χ3n) is 2.30. The van der Waals surface area contributed by atoms with Crippen molar-refractivity contribution >= 4 is 23.6 Å². The molecule has 0 N–H and O–H groups in total. The van der Waals surface area contributed by atoms with Crippen LogP contribution in [0.2, 0.25) is 0 Å². The van der Waals surface area contributed by atoms with Gasteiger partial charge in [0.2, 0.25) is 11.8 Å². The van der Waals surface area contributed by atoms with Crippen LogP contribution in [0.25, 0.3) is 0 Å². The summed E-state index contributed by atoms with van der Waals surface area (Å²) in [5.41, 5.74) is 0. The molecule has 1 rings (SSSR count). The van der Waals surface area contributed by atoms with Gasteiger partial charge >= 0.3 is 0 Å². The average Bonchev–Trinajstić information content (AvgIpc) is 2.39. The zero-order chi connectivity index (χ0) is 10.4. The summed E-state index contributed by atoms with van der Waals surface area (Å²) < 4.78 is 0. The number of carbonyl (C=O) groups is 2. The number of likely N-dealkylation sites (tertiary alicyclic amines) is 1. The first-order chi connectivity index (χ1) is 6.75. The van der Waals surface area contributed by atoms with Crippen LogP contribution in [0.1, 0.15) is 32.6 Å². The third kappa shape index (κ3) is 3.33. The highest BCUT2D eigenvalue weighted by Gasteiger charge is 2.22. The Morgan fingerprint density at radius 1 is 1.43 bits per heavy atom. The predicted octanol–water partition coefficient (Wildman–Crippen LogP) is 1.67. The van der Waals surface area contributed by atoms with Gasteiger partial charge in [-0.3, -0.25) is 14.5 Å². The first-order valence-corrected chi connectivity index (χ1v) is 6.32. The van der Waals surface area contributed by atoms with Gasteiger partial charge in [-0.1, -0.05) is 13.3 Å². The molecule has 1 aliphatic heterocycles. The molecule has 3 nitrogen and oxygen atoms in total. The molecule has 0 aromatic heterocycles. The van der Waals surface area contributed by atoms with Crippen molar-refractivity contribution in [3.63, 3.8) is 0 Å². The van der Waals surface area contributed by atoms with Crippen LogP contribution in [0.5, 0.6) is 0 Å². The highest BCUT2D eigenvalue weighted by molar-refractivity contribution is 7.99. The molecule has 0 aromatic carbocycles. The zero-order valence-corrected chi connectivity index (χ0v) is 9.44. The fraction of sp³-hybridized carbons (Fsp3) is 0.800. The molecule has 0 spiro atoms. The van der Waals surface area contributed by atoms with Crippen molar-refractivity contribution in [3.8, 4) is 0 Å². The van der Waals surface area contributed by atoms with Crippen LogP contribution in [-0.4, -0.2) is 34.8 Å². The molecular weight excluding hydrogens is 198 g/mol. The van der Waals surface area contributed by atoms with Gasteiger partial charge in [0.15, 0.2) is 0 Å². The van der Waals surface area contributed by atoms with Gasteiger partial charge in [0.05, 0.1) is 5.75 Å². The summed E-state index contributed by atoms with van der Waals surface area (Å²) in [5.74, 6) is 1.38. The number of hydrogen-bond acceptors (Lipinski definition) is 3. The summed E-state index contributed by atoms with van der Waals surface area (Å²) in [4.78, 5) is 24.6. The van der Waals surface area contributed by atoms with E-state index in [2.05, 4.69) is 0 Å². The molecule has 1 fully saturated rings. The van der Waals surface area contributed by atoms with E-state index in [0.717, 1.165) is 25.0 Å². The van der Waals surface area contributed by atoms with E-state index in [0.29, 0.717) is 18.7 Å². The van der Waals surface area contributed by atoms with Crippen molar-refractivity contribution in [1.82, 2.24) is 4.90 Å². The van der Waals surface area contributed by atoms with Crippen LogP contribution in [0.4, 0.5) is 0 Å². The topological polar surface area (TPSA) is 37.4 Å². The quantitative estimate of drug-likeness (QED) is 0.718. The molecule has 0 unspecified atom stereocenters. The van der Waals surface area contributed by atoms with Gasteiger partial charge in [-0.25, -0.2) is 0 Å². The maximum atomic E-state index is 11.6. The Morgan fingerprint density at radius 2 is 2.21 bits per heavy atom. The maximum Gasteiger partial charge on any atom is 0.239 e. The lowest BCUT2D eigenvalue weighted by atomic mass is 10.2. The molecule has 1 saturated heterocycles. The van der Waals surface area contributed by atoms with Crippen molar-refractivity contribution in [1.29, 1.82) is 0 Å². The number of thioether (sulfide) groups is 1. The Kier molecular flexibility index (Phi) is 5.01. The van der Waals surface area contributed by atoms with Crippen molar-refractivity contribution in [3.05, 3.63) is 0 Å². The van der Waals surface area contributed by atoms with E-state index < -0.39 is 0 Å². The molecule has 0 saturated carbocycles. The lowest BCUT2D eigenvalue weighted by Gasteiger charge is -2.17. The second-order valence-electron chi connectivity index (χ2n) is 3.39. The van der Waals surface area contributed by atoms with Crippen LogP contribution in [0.3, 0.4) is 0 Å². The van der Waals surface area contributed by atoms with Crippen LogP contribution in [-0.2, 0) is 9.59 Å². The number of nitrogens with zero attached hydrogens (tertiary/aromatic N) is 1. The van der Waals surface area contributed by atoms with Crippen molar-refractivity contribution in [2.24, 2.45) is 0 Å². The summed E-state index contributed by atoms with van der Waals surface area (Å²) in [7, 11) is 0. The van der Waals surface area contributed by atoms with Gasteiger partial charge in [-0.05, 0) is 18.6 Å². The molecule has 0 aliphatic carbocycles. The Balaban J connectivity index is 2.46. The largest absolute Gasteiger partial charge is 0.282 e. The third-order valence-corrected chi connectivity index (χ3v) is 3.16. The second kappa shape index (κ2) is 6.06. The summed E-state index contributed by atoms with van der Waals surface area (Å²) in [6.07, 6.45) is 3.51.